The number of rotatable bonds is 5. The van der Waals surface area contributed by atoms with Crippen LogP contribution >= 0.6 is 0 Å². The van der Waals surface area contributed by atoms with E-state index in [4.69, 9.17) is 4.74 Å². The van der Waals surface area contributed by atoms with E-state index < -0.39 is 0 Å². The van der Waals surface area contributed by atoms with Gasteiger partial charge in [0, 0.05) is 18.0 Å². The Hall–Kier alpha value is -1.87. The molecule has 3 rings (SSSR count). The molecule has 0 amide bonds. The summed E-state index contributed by atoms with van der Waals surface area (Å²) in [5.74, 6) is 0.477. The number of ether oxygens (including phenoxy) is 1. The Morgan fingerprint density at radius 2 is 2.05 bits per heavy atom. The van der Waals surface area contributed by atoms with Gasteiger partial charge in [0.25, 0.3) is 0 Å². The van der Waals surface area contributed by atoms with Crippen LogP contribution in [0.1, 0.15) is 22.6 Å². The van der Waals surface area contributed by atoms with Gasteiger partial charge in [0.05, 0.1) is 6.61 Å². The molecule has 0 saturated carbocycles. The fourth-order valence-electron chi connectivity index (χ4n) is 2.74. The van der Waals surface area contributed by atoms with E-state index in [1.165, 1.54) is 17.2 Å². The second kappa shape index (κ2) is 5.63. The molecule has 0 heterocycles. The van der Waals surface area contributed by atoms with E-state index in [2.05, 4.69) is 23.5 Å². The fourth-order valence-corrected chi connectivity index (χ4v) is 2.74. The summed E-state index contributed by atoms with van der Waals surface area (Å²) in [5.41, 5.74) is 3.57. The number of hydrogen-bond donors (Lipinski definition) is 1. The van der Waals surface area contributed by atoms with Gasteiger partial charge in [-0.3, -0.25) is 0 Å². The Bertz CT molecular complexity index is 612. The minimum Gasteiger partial charge on any atom is -0.490 e. The lowest BCUT2D eigenvalue weighted by Gasteiger charge is -2.30. The highest BCUT2D eigenvalue weighted by Gasteiger charge is 2.26. The van der Waals surface area contributed by atoms with E-state index in [1.807, 2.05) is 19.2 Å². The molecule has 1 unspecified atom stereocenters. The Kier molecular flexibility index (Phi) is 3.70. The normalized spacial score (nSPS) is 16.4. The molecule has 2 aromatic rings. The second-order valence-electron chi connectivity index (χ2n) is 5.17. The summed E-state index contributed by atoms with van der Waals surface area (Å²) >= 11 is 0. The van der Waals surface area contributed by atoms with Crippen molar-refractivity contribution in [3.05, 3.63) is 65.0 Å². The molecule has 2 aromatic carbocycles. The minimum absolute atomic E-state index is 0.287. The molecule has 0 aromatic heterocycles. The van der Waals surface area contributed by atoms with Crippen LogP contribution in [0.5, 0.6) is 5.75 Å². The molecule has 3 heteroatoms. The Morgan fingerprint density at radius 3 is 2.85 bits per heavy atom. The Balaban J connectivity index is 1.71. The van der Waals surface area contributed by atoms with Crippen molar-refractivity contribution in [3.8, 4) is 5.75 Å². The van der Waals surface area contributed by atoms with Crippen molar-refractivity contribution in [3.63, 3.8) is 0 Å². The van der Waals surface area contributed by atoms with Crippen LogP contribution in [-0.2, 0) is 13.0 Å². The first-order valence-electron chi connectivity index (χ1n) is 6.92. The van der Waals surface area contributed by atoms with E-state index in [9.17, 15) is 4.39 Å². The van der Waals surface area contributed by atoms with Gasteiger partial charge in [-0.2, -0.15) is 0 Å². The topological polar surface area (TPSA) is 21.3 Å². The SMILES string of the molecule is CNCc1cccc(F)c1OCC1Cc2ccccc21. The molecular formula is C17H18FNO. The number of nitrogens with one attached hydrogen (secondary N) is 1. The summed E-state index contributed by atoms with van der Waals surface area (Å²) in [7, 11) is 1.84. The number of benzene rings is 2. The van der Waals surface area contributed by atoms with Crippen LogP contribution < -0.4 is 10.1 Å². The number of para-hydroxylation sites is 1. The van der Waals surface area contributed by atoms with Crippen molar-refractivity contribution in [1.29, 1.82) is 0 Å². The van der Waals surface area contributed by atoms with E-state index in [1.54, 1.807) is 6.07 Å². The Labute approximate surface area is 118 Å². The van der Waals surface area contributed by atoms with Gasteiger partial charge in [0.2, 0.25) is 0 Å². The van der Waals surface area contributed by atoms with Crippen LogP contribution in [0.15, 0.2) is 42.5 Å². The predicted molar refractivity (Wildman–Crippen MR) is 77.5 cm³/mol. The van der Waals surface area contributed by atoms with Crippen LogP contribution in [-0.4, -0.2) is 13.7 Å². The monoisotopic (exact) mass is 271 g/mol. The van der Waals surface area contributed by atoms with Crippen molar-refractivity contribution < 1.29 is 9.13 Å². The van der Waals surface area contributed by atoms with Gasteiger partial charge in [0.15, 0.2) is 11.6 Å². The fraction of sp³-hybridized carbons (Fsp3) is 0.294. The quantitative estimate of drug-likeness (QED) is 0.901. The summed E-state index contributed by atoms with van der Waals surface area (Å²) in [6, 6.07) is 13.4. The van der Waals surface area contributed by atoms with Gasteiger partial charge in [-0.25, -0.2) is 4.39 Å². The summed E-state index contributed by atoms with van der Waals surface area (Å²) in [6.45, 7) is 1.14. The molecule has 1 N–H and O–H groups in total. The minimum atomic E-state index is -0.287. The highest BCUT2D eigenvalue weighted by atomic mass is 19.1. The van der Waals surface area contributed by atoms with Crippen LogP contribution in [0.2, 0.25) is 0 Å². The van der Waals surface area contributed by atoms with Gasteiger partial charge < -0.3 is 10.1 Å². The summed E-state index contributed by atoms with van der Waals surface area (Å²) in [6.07, 6.45) is 1.02. The van der Waals surface area contributed by atoms with E-state index in [0.29, 0.717) is 24.8 Å². The number of halogens is 1. The Morgan fingerprint density at radius 1 is 1.20 bits per heavy atom. The maximum atomic E-state index is 13.9. The highest BCUT2D eigenvalue weighted by molar-refractivity contribution is 5.40. The molecule has 1 aliphatic carbocycles. The number of hydrogen-bond acceptors (Lipinski definition) is 2. The van der Waals surface area contributed by atoms with Gasteiger partial charge >= 0.3 is 0 Å². The third kappa shape index (κ3) is 2.41. The largest absolute Gasteiger partial charge is 0.490 e. The molecule has 1 aliphatic rings. The third-order valence-electron chi connectivity index (χ3n) is 3.81. The molecule has 0 aliphatic heterocycles. The van der Waals surface area contributed by atoms with Crippen molar-refractivity contribution in [2.45, 2.75) is 18.9 Å². The maximum Gasteiger partial charge on any atom is 0.165 e. The van der Waals surface area contributed by atoms with Crippen LogP contribution in [0, 0.1) is 5.82 Å². The van der Waals surface area contributed by atoms with Crippen LogP contribution in [0.25, 0.3) is 0 Å². The molecule has 0 fully saturated rings. The van der Waals surface area contributed by atoms with Crippen LogP contribution in [0.4, 0.5) is 4.39 Å². The third-order valence-corrected chi connectivity index (χ3v) is 3.81. The maximum absolute atomic E-state index is 13.9. The van der Waals surface area contributed by atoms with Crippen molar-refractivity contribution in [2.75, 3.05) is 13.7 Å². The van der Waals surface area contributed by atoms with Gasteiger partial charge in [0.1, 0.15) is 0 Å². The average Bonchev–Trinajstić information content (AvgIpc) is 2.43. The van der Waals surface area contributed by atoms with E-state index in [0.717, 1.165) is 12.0 Å². The van der Waals surface area contributed by atoms with Crippen molar-refractivity contribution >= 4 is 0 Å². The summed E-state index contributed by atoms with van der Waals surface area (Å²) in [4.78, 5) is 0. The van der Waals surface area contributed by atoms with Crippen LogP contribution in [0.3, 0.4) is 0 Å². The molecule has 0 saturated heterocycles. The highest BCUT2D eigenvalue weighted by Crippen LogP contribution is 2.35. The summed E-state index contributed by atoms with van der Waals surface area (Å²) < 4.78 is 19.7. The lowest BCUT2D eigenvalue weighted by Crippen LogP contribution is -2.23. The smallest absolute Gasteiger partial charge is 0.165 e. The molecule has 0 bridgehead atoms. The second-order valence-corrected chi connectivity index (χ2v) is 5.17. The average molecular weight is 271 g/mol. The van der Waals surface area contributed by atoms with Gasteiger partial charge in [-0.15, -0.1) is 0 Å². The zero-order valence-corrected chi connectivity index (χ0v) is 11.5. The predicted octanol–water partition coefficient (Wildman–Crippen LogP) is 3.26. The first kappa shape index (κ1) is 13.1. The standard InChI is InChI=1S/C17H18FNO/c1-19-10-13-6-4-8-16(18)17(13)20-11-14-9-12-5-2-3-7-15(12)14/h2-8,14,19H,9-11H2,1H3. The van der Waals surface area contributed by atoms with Crippen molar-refractivity contribution in [2.24, 2.45) is 0 Å². The van der Waals surface area contributed by atoms with E-state index in [-0.39, 0.29) is 5.82 Å². The molecule has 0 radical (unpaired) electrons. The molecule has 0 spiro atoms. The molecule has 20 heavy (non-hydrogen) atoms. The molecule has 104 valence electrons. The van der Waals surface area contributed by atoms with Gasteiger partial charge in [-0.05, 0) is 30.7 Å². The molecule has 1 atom stereocenters. The van der Waals surface area contributed by atoms with Crippen molar-refractivity contribution in [1.82, 2.24) is 5.32 Å². The zero-order valence-electron chi connectivity index (χ0n) is 11.5. The number of fused-ring (bicyclic) bond motifs is 1. The lowest BCUT2D eigenvalue weighted by molar-refractivity contribution is 0.260. The van der Waals surface area contributed by atoms with E-state index >= 15 is 0 Å². The molecule has 2 nitrogen and oxygen atoms in total. The van der Waals surface area contributed by atoms with Gasteiger partial charge in [-0.1, -0.05) is 36.4 Å². The zero-order chi connectivity index (χ0) is 13.9. The first-order chi connectivity index (χ1) is 9.79. The first-order valence-corrected chi connectivity index (χ1v) is 6.92. The molecular weight excluding hydrogens is 253 g/mol. The lowest BCUT2D eigenvalue weighted by atomic mass is 9.78. The summed E-state index contributed by atoms with van der Waals surface area (Å²) in [5, 5.41) is 3.04.